The van der Waals surface area contributed by atoms with E-state index in [0.717, 1.165) is 12.0 Å². The second kappa shape index (κ2) is 27.6. The van der Waals surface area contributed by atoms with Crippen LogP contribution in [0, 0.1) is 29.6 Å². The van der Waals surface area contributed by atoms with Crippen LogP contribution in [0.25, 0.3) is 0 Å². The quantitative estimate of drug-likeness (QED) is 0.0946. The van der Waals surface area contributed by atoms with Crippen LogP contribution in [-0.4, -0.2) is 131 Å². The number of aliphatic hydroxyl groups is 3. The number of benzene rings is 1. The number of ketones is 2. The summed E-state index contributed by atoms with van der Waals surface area (Å²) in [6, 6.07) is 2.98. The number of carbonyl (C=O) groups is 4. The zero-order valence-electron chi connectivity index (χ0n) is 44.4. The largest absolute Gasteiger partial charge is 0.573 e. The van der Waals surface area contributed by atoms with Crippen LogP contribution in [0.4, 0.5) is 18.9 Å². The van der Waals surface area contributed by atoms with Crippen molar-refractivity contribution in [2.45, 2.75) is 192 Å². The average Bonchev–Trinajstić information content (AvgIpc) is 3.35. The van der Waals surface area contributed by atoms with E-state index in [-0.39, 0.29) is 55.4 Å². The van der Waals surface area contributed by atoms with Gasteiger partial charge >= 0.3 is 12.3 Å². The summed E-state index contributed by atoms with van der Waals surface area (Å²) in [5, 5.41) is 37.5. The second-order valence-corrected chi connectivity index (χ2v) is 21.4. The molecule has 3 fully saturated rings. The normalized spacial score (nSPS) is 37.0. The molecule has 1 aromatic carbocycles. The minimum Gasteiger partial charge on any atom is -0.461 e. The molecule has 18 heteroatoms. The molecule has 2 bridgehead atoms. The van der Waals surface area contributed by atoms with Gasteiger partial charge in [0.05, 0.1) is 18.3 Å². The van der Waals surface area contributed by atoms with Gasteiger partial charge in [-0.3, -0.25) is 14.4 Å². The number of ether oxygens (including phenoxy) is 5. The lowest BCUT2D eigenvalue weighted by Crippen LogP contribution is -2.61. The predicted molar refractivity (Wildman–Crippen MR) is 273 cm³/mol. The number of anilines is 1. The van der Waals surface area contributed by atoms with Gasteiger partial charge in [-0.25, -0.2) is 4.79 Å². The van der Waals surface area contributed by atoms with Gasteiger partial charge in [0.1, 0.15) is 30.1 Å². The monoisotopic (exact) mass is 1050 g/mol. The molecule has 0 spiro atoms. The molecule has 2 saturated heterocycles. The number of hydrogen-bond donors (Lipinski definition) is 5. The first-order chi connectivity index (χ1) is 34.9. The van der Waals surface area contributed by atoms with Crippen molar-refractivity contribution in [2.24, 2.45) is 35.3 Å². The Hall–Kier alpha value is -4.43. The van der Waals surface area contributed by atoms with Crippen LogP contribution in [0.15, 0.2) is 71.9 Å². The summed E-state index contributed by atoms with van der Waals surface area (Å²) in [6.07, 6.45) is 6.75. The summed E-state index contributed by atoms with van der Waals surface area (Å²) in [7, 11) is 2.95. The number of nitrogens with two attached hydrogens (primary N) is 1. The molecule has 15 nitrogen and oxygen atoms in total. The lowest BCUT2D eigenvalue weighted by Gasteiger charge is -2.43. The Kier molecular flexibility index (Phi) is 22.5. The minimum absolute atomic E-state index is 0.0526. The number of aliphatic hydroxyl groups excluding tert-OH is 2. The van der Waals surface area contributed by atoms with Crippen molar-refractivity contribution >= 4 is 29.1 Å². The van der Waals surface area contributed by atoms with Crippen molar-refractivity contribution in [1.82, 2.24) is 4.90 Å². The summed E-state index contributed by atoms with van der Waals surface area (Å²) in [5.41, 5.74) is 8.14. The molecule has 1 amide bonds. The molecule has 1 aliphatic carbocycles. The van der Waals surface area contributed by atoms with Crippen LogP contribution < -0.4 is 15.8 Å². The van der Waals surface area contributed by atoms with Gasteiger partial charge in [0.2, 0.25) is 5.79 Å². The smallest absolute Gasteiger partial charge is 0.461 e. The fourth-order valence-corrected chi connectivity index (χ4v) is 11.0. The Labute approximate surface area is 435 Å². The molecule has 3 heterocycles. The standard InChI is InChI=1S/C56H82F3N3O12/c1-33-15-10-9-11-16-34(2)44(61-41-17-14-18-42(31-41)74-56(57,58)59)32-43-23-20-38(6)55(69,73-43)52(66)53(67)62-26-13-12-19-45(62)54(68)72-47(35(3)28-39-21-24-46(63)48(30-39)70-7)25-22-40(60)29-37(5)50(65)51(71-8)49(64)36(4)27-33/h9-11,14-18,29,31,33,35-36,38-40,43-48,50-51,61,63,65,69H,12-13,19-28,30,32,60H2,1-8H3/b11-9+,15-10+,34-16+,37-29+/t33-,35-,36?,38?,39?,40+,43?,44-,45?,46-,47+,48?,50?,51+,55?/m1/s1. The van der Waals surface area contributed by atoms with Crippen LogP contribution >= 0.6 is 0 Å². The van der Waals surface area contributed by atoms with Gasteiger partial charge in [0.25, 0.3) is 11.7 Å². The molecule has 15 atom stereocenters. The summed E-state index contributed by atoms with van der Waals surface area (Å²) in [4.78, 5) is 58.4. The van der Waals surface area contributed by atoms with Gasteiger partial charge in [-0.1, -0.05) is 75.8 Å². The number of allylic oxidation sites excluding steroid dienone is 5. The number of Topliss-reactive ketones (excluding diaryl/α,β-unsaturated/α-hetero) is 2. The zero-order chi connectivity index (χ0) is 54.5. The van der Waals surface area contributed by atoms with Crippen LogP contribution in [0.3, 0.4) is 0 Å². The first-order valence-corrected chi connectivity index (χ1v) is 26.4. The number of methoxy groups -OCH3 is 2. The third-order valence-electron chi connectivity index (χ3n) is 15.5. The molecule has 74 heavy (non-hydrogen) atoms. The highest BCUT2D eigenvalue weighted by Crippen LogP contribution is 2.38. The fourth-order valence-electron chi connectivity index (χ4n) is 11.0. The van der Waals surface area contributed by atoms with Gasteiger partial charge in [0, 0.05) is 56.4 Å². The molecule has 5 rings (SSSR count). The van der Waals surface area contributed by atoms with Crippen LogP contribution in [0.5, 0.6) is 5.75 Å². The van der Waals surface area contributed by atoms with Gasteiger partial charge in [0.15, 0.2) is 5.78 Å². The molecule has 1 aromatic rings. The number of hydrogen-bond acceptors (Lipinski definition) is 14. The highest BCUT2D eigenvalue weighted by molar-refractivity contribution is 6.39. The summed E-state index contributed by atoms with van der Waals surface area (Å²) in [6.45, 7) is 10.9. The number of carbonyl (C=O) groups excluding carboxylic acids is 4. The van der Waals surface area contributed by atoms with E-state index >= 15 is 0 Å². The van der Waals surface area contributed by atoms with Crippen LogP contribution in [0.1, 0.15) is 125 Å². The Bertz CT molecular complexity index is 2170. The molecule has 0 aromatic heterocycles. The Morgan fingerprint density at radius 1 is 0.905 bits per heavy atom. The van der Waals surface area contributed by atoms with E-state index in [1.807, 2.05) is 39.0 Å². The summed E-state index contributed by atoms with van der Waals surface area (Å²) < 4.78 is 67.7. The van der Waals surface area contributed by atoms with E-state index in [2.05, 4.69) is 10.1 Å². The average molecular weight is 1050 g/mol. The molecule has 3 aliphatic heterocycles. The lowest BCUT2D eigenvalue weighted by atomic mass is 9.78. The zero-order valence-corrected chi connectivity index (χ0v) is 44.4. The highest BCUT2D eigenvalue weighted by atomic mass is 19.4. The van der Waals surface area contributed by atoms with E-state index in [4.69, 9.17) is 24.7 Å². The number of esters is 1. The number of nitrogens with one attached hydrogen (secondary N) is 1. The highest BCUT2D eigenvalue weighted by Gasteiger charge is 2.53. The number of amides is 1. The summed E-state index contributed by atoms with van der Waals surface area (Å²) in [5.74, 6) is -7.69. The molecule has 1 saturated carbocycles. The Balaban J connectivity index is 1.49. The maximum absolute atomic E-state index is 14.5. The Morgan fingerprint density at radius 2 is 1.65 bits per heavy atom. The third kappa shape index (κ3) is 16.8. The summed E-state index contributed by atoms with van der Waals surface area (Å²) >= 11 is 0. The van der Waals surface area contributed by atoms with Crippen LogP contribution in [-0.2, 0) is 38.1 Å². The molecular weight excluding hydrogens is 964 g/mol. The van der Waals surface area contributed by atoms with E-state index < -0.39 is 96.0 Å². The van der Waals surface area contributed by atoms with Gasteiger partial charge in [-0.15, -0.1) is 13.2 Å². The Morgan fingerprint density at radius 3 is 2.35 bits per heavy atom. The van der Waals surface area contributed by atoms with Crippen molar-refractivity contribution in [3.05, 3.63) is 71.9 Å². The fraction of sp³-hybridized carbons (Fsp3) is 0.679. The van der Waals surface area contributed by atoms with Crippen molar-refractivity contribution in [1.29, 1.82) is 0 Å². The number of alkyl halides is 3. The van der Waals surface area contributed by atoms with E-state index in [0.29, 0.717) is 69.0 Å². The van der Waals surface area contributed by atoms with E-state index in [1.54, 1.807) is 52.2 Å². The topological polar surface area (TPSA) is 216 Å². The number of nitrogens with zero attached hydrogens (tertiary/aromatic N) is 1. The molecule has 6 N–H and O–H groups in total. The van der Waals surface area contributed by atoms with Gasteiger partial charge in [-0.2, -0.15) is 0 Å². The first-order valence-electron chi connectivity index (χ1n) is 26.4. The number of halogens is 3. The SMILES string of the molecule is COC1CC(C[C@@H](C)[C@@H]2CC[C@H](N)/C=C(\C)C(O)[C@@H](OC)C(=O)C(C)C[C@H](C)/C=C/C=C/C=C(\C)[C@H](Nc3cccc(OC(F)(F)F)c3)CC3CCC(C)C(O)(O3)C(=O)C(=O)N3CCCCC3C(=O)O2)CC[C@H]1O. The van der Waals surface area contributed by atoms with E-state index in [1.165, 1.54) is 30.2 Å². The predicted octanol–water partition coefficient (Wildman–Crippen LogP) is 8.06. The minimum atomic E-state index is -4.92. The second-order valence-electron chi connectivity index (χ2n) is 21.4. The maximum Gasteiger partial charge on any atom is 0.573 e. The number of piperidine rings is 1. The number of fused-ring (bicyclic) bond motifs is 3. The molecule has 0 radical (unpaired) electrons. The maximum atomic E-state index is 14.5. The van der Waals surface area contributed by atoms with Crippen LogP contribution in [0.2, 0.25) is 0 Å². The number of cyclic esters (lactones) is 1. The molecule has 4 aliphatic rings. The van der Waals surface area contributed by atoms with Crippen molar-refractivity contribution in [2.75, 3.05) is 26.1 Å². The van der Waals surface area contributed by atoms with Gasteiger partial charge in [-0.05, 0) is 133 Å². The van der Waals surface area contributed by atoms with Crippen molar-refractivity contribution < 1.29 is 71.4 Å². The lowest BCUT2D eigenvalue weighted by molar-refractivity contribution is -0.274. The molecule has 414 valence electrons. The molecule has 8 unspecified atom stereocenters. The number of rotatable bonds is 8. The van der Waals surface area contributed by atoms with Crippen molar-refractivity contribution in [3.8, 4) is 5.75 Å². The van der Waals surface area contributed by atoms with E-state index in [9.17, 15) is 47.7 Å². The van der Waals surface area contributed by atoms with Gasteiger partial charge < -0.3 is 55.0 Å². The third-order valence-corrected chi connectivity index (χ3v) is 15.5. The van der Waals surface area contributed by atoms with Crippen molar-refractivity contribution in [3.63, 3.8) is 0 Å². The molecular formula is C56H82F3N3O12. The first kappa shape index (κ1) is 60.4.